The molecular formula is C20H25N3OS3. The van der Waals surface area contributed by atoms with Gasteiger partial charge in [-0.1, -0.05) is 46.2 Å². The van der Waals surface area contributed by atoms with Crippen molar-refractivity contribution in [1.82, 2.24) is 5.32 Å². The summed E-state index contributed by atoms with van der Waals surface area (Å²) in [4.78, 5) is 17.4. The Labute approximate surface area is 172 Å². The van der Waals surface area contributed by atoms with Crippen LogP contribution in [0.2, 0.25) is 0 Å². The standard InChI is InChI=1S/C20H25N3OS3/c21-20(18-5-3-12-25-18)23-16-9-7-15(8-10-16)14-22-19(24)6-2-1-4-17-11-13-26-27-17/h3,5,7-10,12,17H,1-2,4,6,11,13-14H2,(H2,21,23)(H,22,24)/t17-/m1/s1. The molecule has 1 aliphatic rings. The molecule has 7 heteroatoms. The number of amidine groups is 1. The fourth-order valence-corrected chi connectivity index (χ4v) is 6.47. The van der Waals surface area contributed by atoms with Gasteiger partial charge in [-0.05, 0) is 48.4 Å². The average Bonchev–Trinajstić information content (AvgIpc) is 3.38. The van der Waals surface area contributed by atoms with Crippen LogP contribution < -0.4 is 11.1 Å². The minimum atomic E-state index is 0.132. The number of nitrogens with one attached hydrogen (secondary N) is 1. The number of nitrogens with two attached hydrogens (primary N) is 1. The molecule has 1 amide bonds. The van der Waals surface area contributed by atoms with E-state index >= 15 is 0 Å². The molecule has 1 aliphatic heterocycles. The quantitative estimate of drug-likeness (QED) is 0.256. The van der Waals surface area contributed by atoms with E-state index in [2.05, 4.69) is 10.3 Å². The fraction of sp³-hybridized carbons (Fsp3) is 0.400. The Morgan fingerprint density at radius 3 is 2.78 bits per heavy atom. The Morgan fingerprint density at radius 1 is 1.22 bits per heavy atom. The van der Waals surface area contributed by atoms with E-state index in [-0.39, 0.29) is 5.91 Å². The minimum absolute atomic E-state index is 0.132. The lowest BCUT2D eigenvalue weighted by atomic mass is 10.1. The topological polar surface area (TPSA) is 67.5 Å². The molecule has 3 rings (SSSR count). The second-order valence-corrected chi connectivity index (χ2v) is 10.2. The second kappa shape index (κ2) is 10.8. The molecule has 1 aromatic heterocycles. The predicted molar refractivity (Wildman–Crippen MR) is 120 cm³/mol. The molecule has 1 fully saturated rings. The number of carbonyl (C=O) groups excluding carboxylic acids is 1. The molecular weight excluding hydrogens is 394 g/mol. The molecule has 4 nitrogen and oxygen atoms in total. The summed E-state index contributed by atoms with van der Waals surface area (Å²) in [6, 6.07) is 11.7. The van der Waals surface area contributed by atoms with Gasteiger partial charge in [-0.25, -0.2) is 4.99 Å². The van der Waals surface area contributed by atoms with Gasteiger partial charge in [0.25, 0.3) is 0 Å². The molecule has 0 bridgehead atoms. The molecule has 0 spiro atoms. The third kappa shape index (κ3) is 6.90. The van der Waals surface area contributed by atoms with Crippen molar-refractivity contribution in [2.24, 2.45) is 10.7 Å². The summed E-state index contributed by atoms with van der Waals surface area (Å²) in [6.45, 7) is 0.554. The monoisotopic (exact) mass is 419 g/mol. The molecule has 0 aliphatic carbocycles. The summed E-state index contributed by atoms with van der Waals surface area (Å²) in [6.07, 6.45) is 5.29. The van der Waals surface area contributed by atoms with Gasteiger partial charge < -0.3 is 11.1 Å². The summed E-state index contributed by atoms with van der Waals surface area (Å²) in [7, 11) is 3.99. The summed E-state index contributed by atoms with van der Waals surface area (Å²) < 4.78 is 0. The van der Waals surface area contributed by atoms with Crippen LogP contribution in [0.25, 0.3) is 0 Å². The summed E-state index contributed by atoms with van der Waals surface area (Å²) in [5.74, 6) is 1.94. The highest BCUT2D eigenvalue weighted by atomic mass is 33.1. The Morgan fingerprint density at radius 2 is 2.07 bits per heavy atom. The van der Waals surface area contributed by atoms with E-state index in [4.69, 9.17) is 5.73 Å². The molecule has 1 saturated heterocycles. The first kappa shape index (κ1) is 20.3. The third-order valence-corrected chi connectivity index (χ3v) is 8.26. The van der Waals surface area contributed by atoms with E-state index in [9.17, 15) is 4.79 Å². The molecule has 0 unspecified atom stereocenters. The largest absolute Gasteiger partial charge is 0.383 e. The van der Waals surface area contributed by atoms with Crippen molar-refractivity contribution < 1.29 is 4.79 Å². The summed E-state index contributed by atoms with van der Waals surface area (Å²) in [5, 5.41) is 5.78. The van der Waals surface area contributed by atoms with E-state index in [0.717, 1.165) is 34.2 Å². The molecule has 0 radical (unpaired) electrons. The number of thiophene rings is 1. The van der Waals surface area contributed by atoms with Gasteiger partial charge in [-0.3, -0.25) is 4.79 Å². The van der Waals surface area contributed by atoms with E-state index in [1.807, 2.05) is 63.4 Å². The van der Waals surface area contributed by atoms with Crippen LogP contribution in [0.15, 0.2) is 46.8 Å². The molecule has 1 atom stereocenters. The van der Waals surface area contributed by atoms with Crippen LogP contribution in [0.1, 0.15) is 42.5 Å². The van der Waals surface area contributed by atoms with Gasteiger partial charge in [-0.2, -0.15) is 0 Å². The Hall–Kier alpha value is -1.44. The van der Waals surface area contributed by atoms with Crippen molar-refractivity contribution in [2.45, 2.75) is 43.9 Å². The van der Waals surface area contributed by atoms with Crippen molar-refractivity contribution in [3.63, 3.8) is 0 Å². The van der Waals surface area contributed by atoms with Gasteiger partial charge in [0.2, 0.25) is 5.91 Å². The van der Waals surface area contributed by atoms with Crippen molar-refractivity contribution in [3.05, 3.63) is 52.2 Å². The zero-order chi connectivity index (χ0) is 18.9. The van der Waals surface area contributed by atoms with Gasteiger partial charge in [-0.15, -0.1) is 11.3 Å². The van der Waals surface area contributed by atoms with Crippen molar-refractivity contribution in [1.29, 1.82) is 0 Å². The number of amides is 1. The molecule has 3 N–H and O–H groups in total. The maximum absolute atomic E-state index is 12.0. The molecule has 0 saturated carbocycles. The van der Waals surface area contributed by atoms with Crippen LogP contribution in [0, 0.1) is 0 Å². The normalized spacial score (nSPS) is 17.2. The number of benzene rings is 1. The van der Waals surface area contributed by atoms with Gasteiger partial charge in [0.15, 0.2) is 0 Å². The number of hydrogen-bond donors (Lipinski definition) is 2. The number of unbranched alkanes of at least 4 members (excludes halogenated alkanes) is 1. The highest BCUT2D eigenvalue weighted by molar-refractivity contribution is 8.77. The number of rotatable bonds is 9. The van der Waals surface area contributed by atoms with Crippen LogP contribution in [-0.2, 0) is 11.3 Å². The van der Waals surface area contributed by atoms with Crippen molar-refractivity contribution >= 4 is 50.4 Å². The number of aliphatic imine (C=N–C) groups is 1. The van der Waals surface area contributed by atoms with Gasteiger partial charge >= 0.3 is 0 Å². The van der Waals surface area contributed by atoms with Crippen molar-refractivity contribution in [3.8, 4) is 0 Å². The number of carbonyl (C=O) groups is 1. The Balaban J connectivity index is 1.36. The maximum Gasteiger partial charge on any atom is 0.220 e. The number of hydrogen-bond acceptors (Lipinski definition) is 5. The average molecular weight is 420 g/mol. The Kier molecular flexibility index (Phi) is 8.10. The highest BCUT2D eigenvalue weighted by Gasteiger charge is 2.15. The SMILES string of the molecule is NC(=Nc1ccc(CNC(=O)CCCC[C@@H]2CCSS2)cc1)c1cccs1. The van der Waals surface area contributed by atoms with Gasteiger partial charge in [0.1, 0.15) is 5.84 Å². The van der Waals surface area contributed by atoms with E-state index in [0.29, 0.717) is 18.8 Å². The van der Waals surface area contributed by atoms with Crippen LogP contribution in [0.5, 0.6) is 0 Å². The molecule has 144 valence electrons. The first-order valence-corrected chi connectivity index (χ1v) is 12.5. The smallest absolute Gasteiger partial charge is 0.220 e. The number of nitrogens with zero attached hydrogens (tertiary/aromatic N) is 1. The third-order valence-electron chi connectivity index (χ3n) is 4.36. The van der Waals surface area contributed by atoms with E-state index in [1.54, 1.807) is 11.3 Å². The fourth-order valence-electron chi connectivity index (χ4n) is 2.82. The lowest BCUT2D eigenvalue weighted by Gasteiger charge is -2.08. The first-order valence-electron chi connectivity index (χ1n) is 9.22. The lowest BCUT2D eigenvalue weighted by molar-refractivity contribution is -0.121. The van der Waals surface area contributed by atoms with Crippen LogP contribution >= 0.6 is 32.9 Å². The van der Waals surface area contributed by atoms with E-state index < -0.39 is 0 Å². The lowest BCUT2D eigenvalue weighted by Crippen LogP contribution is -2.22. The van der Waals surface area contributed by atoms with Gasteiger partial charge in [0.05, 0.1) is 10.6 Å². The maximum atomic E-state index is 12.0. The first-order chi connectivity index (χ1) is 13.2. The predicted octanol–water partition coefficient (Wildman–Crippen LogP) is 5.12. The highest BCUT2D eigenvalue weighted by Crippen LogP contribution is 2.39. The summed E-state index contributed by atoms with van der Waals surface area (Å²) in [5.41, 5.74) is 7.89. The zero-order valence-electron chi connectivity index (χ0n) is 15.2. The molecule has 1 aromatic carbocycles. The second-order valence-electron chi connectivity index (χ2n) is 6.49. The minimum Gasteiger partial charge on any atom is -0.383 e. The van der Waals surface area contributed by atoms with E-state index in [1.165, 1.54) is 18.6 Å². The molecule has 27 heavy (non-hydrogen) atoms. The molecule has 2 heterocycles. The molecule has 2 aromatic rings. The zero-order valence-corrected chi connectivity index (χ0v) is 17.7. The van der Waals surface area contributed by atoms with Crippen LogP contribution in [0.4, 0.5) is 5.69 Å². The van der Waals surface area contributed by atoms with Gasteiger partial charge in [0, 0.05) is 24.0 Å². The summed E-state index contributed by atoms with van der Waals surface area (Å²) >= 11 is 1.57. The Bertz CT molecular complexity index is 738. The van der Waals surface area contributed by atoms with Crippen LogP contribution in [0.3, 0.4) is 0 Å². The van der Waals surface area contributed by atoms with Crippen molar-refractivity contribution in [2.75, 3.05) is 5.75 Å². The van der Waals surface area contributed by atoms with Crippen LogP contribution in [-0.4, -0.2) is 22.7 Å².